The van der Waals surface area contributed by atoms with Gasteiger partial charge in [0.15, 0.2) is 5.75 Å². The lowest BCUT2D eigenvalue weighted by Crippen LogP contribution is -2.40. The normalized spacial score (nSPS) is 12.6. The number of aliphatic carboxylic acids is 1. The van der Waals surface area contributed by atoms with Crippen LogP contribution in [0.5, 0.6) is 5.75 Å². The molecule has 7 heteroatoms. The highest BCUT2D eigenvalue weighted by Crippen LogP contribution is 2.13. The Kier molecular flexibility index (Phi) is 2.52. The Morgan fingerprint density at radius 2 is 2.00 bits per heavy atom. The van der Waals surface area contributed by atoms with Crippen molar-refractivity contribution in [2.45, 2.75) is 6.04 Å². The van der Waals surface area contributed by atoms with Crippen LogP contribution in [0.25, 0.3) is 0 Å². The Balaban J connectivity index is 2.61. The van der Waals surface area contributed by atoms with Gasteiger partial charge in [0.25, 0.3) is 10.9 Å². The Morgan fingerprint density at radius 1 is 1.43 bits per heavy atom. The summed E-state index contributed by atoms with van der Waals surface area (Å²) in [5.41, 5.74) is 3.00. The number of carbonyl (C=O) groups is 1. The molecule has 5 N–H and O–H groups in total. The molecular formula is C7H8N2O5. The molecule has 0 aliphatic heterocycles. The van der Waals surface area contributed by atoms with Gasteiger partial charge in [-0.3, -0.25) is 14.4 Å². The minimum absolute atomic E-state index is 0.228. The molecule has 0 amide bonds. The zero-order valence-electron chi connectivity index (χ0n) is 6.98. The fourth-order valence-electron chi connectivity index (χ4n) is 0.843. The summed E-state index contributed by atoms with van der Waals surface area (Å²) in [6.45, 7) is -0.228. The lowest BCUT2D eigenvalue weighted by Gasteiger charge is -2.10. The standard InChI is InChI=1S/C7H8N2O5/c8-2(7(13)14)1-9-3-4(10)6(12)5(3)11/h2,9-10H,1,8H2,(H,13,14)/t2-/m0/s1. The van der Waals surface area contributed by atoms with E-state index in [2.05, 4.69) is 5.32 Å². The zero-order valence-corrected chi connectivity index (χ0v) is 6.98. The van der Waals surface area contributed by atoms with Crippen LogP contribution in [-0.2, 0) is 4.79 Å². The maximum atomic E-state index is 10.7. The first-order chi connectivity index (χ1) is 6.45. The number of anilines is 1. The van der Waals surface area contributed by atoms with E-state index in [0.717, 1.165) is 0 Å². The van der Waals surface area contributed by atoms with Crippen LogP contribution in [0.4, 0.5) is 5.69 Å². The maximum absolute atomic E-state index is 10.7. The number of nitrogens with two attached hydrogens (primary N) is 1. The van der Waals surface area contributed by atoms with Crippen molar-refractivity contribution in [1.82, 2.24) is 0 Å². The van der Waals surface area contributed by atoms with Gasteiger partial charge in [-0.15, -0.1) is 0 Å². The van der Waals surface area contributed by atoms with E-state index in [0.29, 0.717) is 0 Å². The molecule has 14 heavy (non-hydrogen) atoms. The van der Waals surface area contributed by atoms with E-state index in [1.165, 1.54) is 0 Å². The molecule has 0 heterocycles. The number of rotatable bonds is 4. The topological polar surface area (TPSA) is 130 Å². The molecule has 0 aromatic heterocycles. The van der Waals surface area contributed by atoms with Crippen LogP contribution in [0.2, 0.25) is 0 Å². The third-order valence-electron chi connectivity index (χ3n) is 1.70. The molecule has 0 fully saturated rings. The smallest absolute Gasteiger partial charge is 0.322 e. The van der Waals surface area contributed by atoms with E-state index in [-0.39, 0.29) is 12.2 Å². The van der Waals surface area contributed by atoms with E-state index in [1.54, 1.807) is 0 Å². The Hall–Kier alpha value is -1.89. The lowest BCUT2D eigenvalue weighted by molar-refractivity contribution is -0.138. The van der Waals surface area contributed by atoms with Gasteiger partial charge in [0, 0.05) is 6.54 Å². The number of aromatic hydroxyl groups is 1. The molecule has 0 radical (unpaired) electrons. The molecular weight excluding hydrogens is 192 g/mol. The van der Waals surface area contributed by atoms with Gasteiger partial charge in [0.2, 0.25) is 0 Å². The molecule has 0 saturated carbocycles. The highest BCUT2D eigenvalue weighted by molar-refractivity contribution is 5.74. The first-order valence-electron chi connectivity index (χ1n) is 3.69. The van der Waals surface area contributed by atoms with Crippen molar-refractivity contribution in [2.75, 3.05) is 11.9 Å². The number of carboxylic acid groups (broad SMARTS) is 1. The van der Waals surface area contributed by atoms with Crippen molar-refractivity contribution in [2.24, 2.45) is 5.73 Å². The minimum atomic E-state index is -1.24. The van der Waals surface area contributed by atoms with E-state index in [4.69, 9.17) is 15.9 Å². The molecule has 1 aromatic carbocycles. The van der Waals surface area contributed by atoms with Crippen LogP contribution < -0.4 is 21.9 Å². The predicted molar refractivity (Wildman–Crippen MR) is 47.1 cm³/mol. The van der Waals surface area contributed by atoms with Gasteiger partial charge in [-0.1, -0.05) is 0 Å². The van der Waals surface area contributed by atoms with Crippen LogP contribution in [0.3, 0.4) is 0 Å². The SMILES string of the molecule is N[C@@H](CNc1c(O)c(=O)c1=O)C(=O)O. The molecule has 1 atom stereocenters. The van der Waals surface area contributed by atoms with Gasteiger partial charge in [0.05, 0.1) is 0 Å². The van der Waals surface area contributed by atoms with E-state index in [9.17, 15) is 14.4 Å². The summed E-state index contributed by atoms with van der Waals surface area (Å²) < 4.78 is 0. The van der Waals surface area contributed by atoms with Crippen LogP contribution in [0.15, 0.2) is 9.59 Å². The second kappa shape index (κ2) is 3.46. The summed E-state index contributed by atoms with van der Waals surface area (Å²) in [4.78, 5) is 31.5. The zero-order chi connectivity index (χ0) is 10.9. The Labute approximate surface area is 77.5 Å². The highest BCUT2D eigenvalue weighted by Gasteiger charge is 2.21. The second-order valence-corrected chi connectivity index (χ2v) is 2.71. The molecule has 0 spiro atoms. The largest absolute Gasteiger partial charge is 0.502 e. The molecule has 1 aromatic rings. The monoisotopic (exact) mass is 200 g/mol. The van der Waals surface area contributed by atoms with E-state index in [1.807, 2.05) is 0 Å². The lowest BCUT2D eigenvalue weighted by atomic mass is 10.2. The summed E-state index contributed by atoms with van der Waals surface area (Å²) in [5, 5.41) is 19.5. The van der Waals surface area contributed by atoms with Gasteiger partial charge in [0.1, 0.15) is 11.7 Å². The molecule has 0 aliphatic carbocycles. The van der Waals surface area contributed by atoms with Crippen molar-refractivity contribution in [1.29, 1.82) is 0 Å². The van der Waals surface area contributed by atoms with E-state index >= 15 is 0 Å². The Bertz CT molecular complexity index is 431. The summed E-state index contributed by atoms with van der Waals surface area (Å²) in [5.74, 6) is -1.91. The van der Waals surface area contributed by atoms with Crippen molar-refractivity contribution in [3.8, 4) is 5.75 Å². The molecule has 0 saturated heterocycles. The van der Waals surface area contributed by atoms with Crippen molar-refractivity contribution in [3.05, 3.63) is 20.4 Å². The van der Waals surface area contributed by atoms with Gasteiger partial charge in [-0.25, -0.2) is 0 Å². The number of nitrogens with one attached hydrogen (secondary N) is 1. The highest BCUT2D eigenvalue weighted by atomic mass is 16.4. The minimum Gasteiger partial charge on any atom is -0.502 e. The van der Waals surface area contributed by atoms with Gasteiger partial charge in [-0.2, -0.15) is 0 Å². The van der Waals surface area contributed by atoms with Crippen LogP contribution in [0, 0.1) is 0 Å². The van der Waals surface area contributed by atoms with Crippen LogP contribution >= 0.6 is 0 Å². The van der Waals surface area contributed by atoms with E-state index < -0.39 is 28.6 Å². The van der Waals surface area contributed by atoms with Gasteiger partial charge < -0.3 is 21.3 Å². The Morgan fingerprint density at radius 3 is 2.43 bits per heavy atom. The first kappa shape index (κ1) is 10.2. The predicted octanol–water partition coefficient (Wildman–Crippen LogP) is -2.19. The maximum Gasteiger partial charge on any atom is 0.322 e. The molecule has 0 bridgehead atoms. The summed E-state index contributed by atoms with van der Waals surface area (Å²) >= 11 is 0. The van der Waals surface area contributed by atoms with Crippen molar-refractivity contribution in [3.63, 3.8) is 0 Å². The van der Waals surface area contributed by atoms with Gasteiger partial charge in [-0.05, 0) is 0 Å². The first-order valence-corrected chi connectivity index (χ1v) is 3.69. The quantitative estimate of drug-likeness (QED) is 0.406. The van der Waals surface area contributed by atoms with Crippen LogP contribution in [-0.4, -0.2) is 28.8 Å². The molecule has 76 valence electrons. The van der Waals surface area contributed by atoms with Crippen molar-refractivity contribution < 1.29 is 15.0 Å². The molecule has 1 rings (SSSR count). The molecule has 7 nitrogen and oxygen atoms in total. The van der Waals surface area contributed by atoms with Crippen molar-refractivity contribution >= 4 is 11.7 Å². The summed E-state index contributed by atoms with van der Waals surface area (Å²) in [6.07, 6.45) is 0. The van der Waals surface area contributed by atoms with Crippen LogP contribution in [0.1, 0.15) is 0 Å². The fraction of sp³-hybridized carbons (Fsp3) is 0.286. The summed E-state index contributed by atoms with van der Waals surface area (Å²) in [6, 6.07) is -1.20. The average molecular weight is 200 g/mol. The fourth-order valence-corrected chi connectivity index (χ4v) is 0.843. The number of carboxylic acids is 1. The third-order valence-corrected chi connectivity index (χ3v) is 1.70. The molecule has 0 aliphatic rings. The molecule has 0 unspecified atom stereocenters. The average Bonchev–Trinajstić information content (AvgIpc) is 2.16. The number of hydrogen-bond donors (Lipinski definition) is 4. The second-order valence-electron chi connectivity index (χ2n) is 2.71. The summed E-state index contributed by atoms with van der Waals surface area (Å²) in [7, 11) is 0. The van der Waals surface area contributed by atoms with Gasteiger partial charge >= 0.3 is 5.97 Å². The number of hydrogen-bond acceptors (Lipinski definition) is 6. The third kappa shape index (κ3) is 1.57.